The first-order valence-corrected chi connectivity index (χ1v) is 11.0. The molecule has 0 bridgehead atoms. The molecular formula is C26H25N3O4. The summed E-state index contributed by atoms with van der Waals surface area (Å²) in [4.78, 5) is 42.4. The summed E-state index contributed by atoms with van der Waals surface area (Å²) in [7, 11) is 1.25. The molecule has 2 aromatic carbocycles. The molecule has 33 heavy (non-hydrogen) atoms. The number of allylic oxidation sites excluding steroid dienone is 1. The maximum Gasteiger partial charge on any atom is 0.339 e. The van der Waals surface area contributed by atoms with Gasteiger partial charge < -0.3 is 15.8 Å². The number of rotatable bonds is 2. The Kier molecular flexibility index (Phi) is 4.67. The van der Waals surface area contributed by atoms with Crippen LogP contribution in [0.2, 0.25) is 0 Å². The monoisotopic (exact) mass is 443 g/mol. The highest BCUT2D eigenvalue weighted by Gasteiger charge is 2.61. The first kappa shape index (κ1) is 21.0. The van der Waals surface area contributed by atoms with E-state index in [0.29, 0.717) is 41.8 Å². The van der Waals surface area contributed by atoms with Crippen LogP contribution < -0.4 is 16.0 Å². The zero-order valence-electron chi connectivity index (χ0n) is 18.8. The van der Waals surface area contributed by atoms with Crippen LogP contribution in [0, 0.1) is 13.8 Å². The lowest BCUT2D eigenvalue weighted by Gasteiger charge is -2.44. The summed E-state index contributed by atoms with van der Waals surface area (Å²) in [6.07, 6.45) is 1.49. The van der Waals surface area contributed by atoms with E-state index in [2.05, 4.69) is 5.32 Å². The van der Waals surface area contributed by atoms with Gasteiger partial charge in [0.1, 0.15) is 16.8 Å². The third-order valence-corrected chi connectivity index (χ3v) is 6.72. The minimum absolute atomic E-state index is 0.0256. The molecule has 3 aliphatic rings. The van der Waals surface area contributed by atoms with Gasteiger partial charge in [-0.25, -0.2) is 4.79 Å². The molecule has 2 heterocycles. The number of hydrogen-bond donors (Lipinski definition) is 2. The number of nitrogens with one attached hydrogen (secondary N) is 1. The fourth-order valence-corrected chi connectivity index (χ4v) is 5.38. The van der Waals surface area contributed by atoms with Crippen molar-refractivity contribution in [3.63, 3.8) is 0 Å². The molecule has 0 radical (unpaired) electrons. The molecule has 0 saturated heterocycles. The van der Waals surface area contributed by atoms with Gasteiger partial charge in [0.05, 0.1) is 7.11 Å². The van der Waals surface area contributed by atoms with Crippen LogP contribution in [0.1, 0.15) is 36.0 Å². The van der Waals surface area contributed by atoms with Crippen LogP contribution in [-0.2, 0) is 24.5 Å². The smallest absolute Gasteiger partial charge is 0.339 e. The van der Waals surface area contributed by atoms with Crippen LogP contribution in [0.25, 0.3) is 0 Å². The van der Waals surface area contributed by atoms with Gasteiger partial charge in [-0.3, -0.25) is 14.5 Å². The van der Waals surface area contributed by atoms with Gasteiger partial charge in [-0.1, -0.05) is 29.8 Å². The average Bonchev–Trinajstić information content (AvgIpc) is 3.05. The number of carbonyl (C=O) groups excluding carboxylic acids is 3. The first-order chi connectivity index (χ1) is 15.8. The quantitative estimate of drug-likeness (QED) is 0.690. The number of esters is 1. The maximum atomic E-state index is 13.8. The first-order valence-electron chi connectivity index (χ1n) is 11.0. The second-order valence-electron chi connectivity index (χ2n) is 8.78. The molecule has 0 fully saturated rings. The molecule has 0 saturated carbocycles. The Morgan fingerprint density at radius 2 is 1.85 bits per heavy atom. The third-order valence-electron chi connectivity index (χ3n) is 6.72. The van der Waals surface area contributed by atoms with E-state index >= 15 is 0 Å². The number of benzene rings is 2. The highest BCUT2D eigenvalue weighted by atomic mass is 16.5. The van der Waals surface area contributed by atoms with E-state index in [4.69, 9.17) is 10.5 Å². The van der Waals surface area contributed by atoms with Gasteiger partial charge >= 0.3 is 5.97 Å². The van der Waals surface area contributed by atoms with Gasteiger partial charge in [0.2, 0.25) is 5.91 Å². The van der Waals surface area contributed by atoms with E-state index in [1.54, 1.807) is 11.0 Å². The lowest BCUT2D eigenvalue weighted by atomic mass is 9.63. The molecule has 1 spiro atoms. The maximum absolute atomic E-state index is 13.8. The average molecular weight is 444 g/mol. The van der Waals surface area contributed by atoms with Crippen LogP contribution in [0.4, 0.5) is 11.4 Å². The Morgan fingerprint density at radius 3 is 2.58 bits per heavy atom. The topological polar surface area (TPSA) is 102 Å². The predicted octanol–water partition coefficient (Wildman–Crippen LogP) is 3.36. The second-order valence-corrected chi connectivity index (χ2v) is 8.78. The van der Waals surface area contributed by atoms with Gasteiger partial charge in [0.15, 0.2) is 5.78 Å². The number of ketones is 1. The number of aryl methyl sites for hydroxylation is 2. The van der Waals surface area contributed by atoms with Crippen LogP contribution in [0.15, 0.2) is 65.1 Å². The fraction of sp³-hybridized carbons (Fsp3) is 0.269. The summed E-state index contributed by atoms with van der Waals surface area (Å²) in [5.74, 6) is -1.25. The van der Waals surface area contributed by atoms with Crippen molar-refractivity contribution in [3.05, 3.63) is 81.8 Å². The molecule has 1 unspecified atom stereocenters. The summed E-state index contributed by atoms with van der Waals surface area (Å²) in [5.41, 5.74) is 9.78. The molecule has 2 aromatic rings. The minimum Gasteiger partial charge on any atom is -0.466 e. The van der Waals surface area contributed by atoms with Crippen molar-refractivity contribution in [2.75, 3.05) is 17.3 Å². The van der Waals surface area contributed by atoms with Crippen molar-refractivity contribution < 1.29 is 19.1 Å². The molecule has 1 atom stereocenters. The standard InChI is InChI=1S/C26H25N3O4/c1-14-6-4-7-16(12-14)29-19-8-5-9-20(30)21(19)26(22(23(29)27)24(31)33-3)17-13-15(2)10-11-18(17)28-25(26)32/h4,6-7,10-13H,5,8-9,27H2,1-3H3,(H,28,32). The third kappa shape index (κ3) is 2.78. The van der Waals surface area contributed by atoms with Crippen molar-refractivity contribution in [1.29, 1.82) is 0 Å². The molecule has 3 N–H and O–H groups in total. The van der Waals surface area contributed by atoms with Crippen LogP contribution in [-0.4, -0.2) is 24.8 Å². The normalized spacial score (nSPS) is 21.8. The molecule has 1 amide bonds. The summed E-state index contributed by atoms with van der Waals surface area (Å²) in [5, 5.41) is 2.89. The van der Waals surface area contributed by atoms with Crippen LogP contribution in [0.5, 0.6) is 0 Å². The number of methoxy groups -OCH3 is 1. The lowest BCUT2D eigenvalue weighted by Crippen LogP contribution is -2.53. The molecule has 168 valence electrons. The van der Waals surface area contributed by atoms with Crippen LogP contribution in [0.3, 0.4) is 0 Å². The number of ether oxygens (including phenoxy) is 1. The largest absolute Gasteiger partial charge is 0.466 e. The zero-order valence-corrected chi connectivity index (χ0v) is 18.8. The van der Waals surface area contributed by atoms with E-state index in [0.717, 1.165) is 16.8 Å². The van der Waals surface area contributed by atoms with Gasteiger partial charge in [-0.05, 0) is 50.5 Å². The molecule has 7 heteroatoms. The summed E-state index contributed by atoms with van der Waals surface area (Å²) in [6, 6.07) is 13.2. The number of nitrogens with zero attached hydrogens (tertiary/aromatic N) is 1. The number of nitrogens with two attached hydrogens (primary N) is 1. The van der Waals surface area contributed by atoms with Gasteiger partial charge in [0, 0.05) is 34.6 Å². The number of amides is 1. The highest BCUT2D eigenvalue weighted by Crippen LogP contribution is 2.55. The number of Topliss-reactive ketones (excluding diaryl/α,β-unsaturated/α-hetero) is 1. The van der Waals surface area contributed by atoms with E-state index in [9.17, 15) is 14.4 Å². The van der Waals surface area contributed by atoms with E-state index in [-0.39, 0.29) is 17.2 Å². The summed E-state index contributed by atoms with van der Waals surface area (Å²) >= 11 is 0. The SMILES string of the molecule is COC(=O)C1=C(N)N(c2cccc(C)c2)C2=C(C(=O)CCC2)C12C(=O)Nc1ccc(C)cc12. The van der Waals surface area contributed by atoms with Crippen molar-refractivity contribution in [3.8, 4) is 0 Å². The highest BCUT2D eigenvalue weighted by molar-refractivity contribution is 6.23. The minimum atomic E-state index is -1.65. The Bertz CT molecular complexity index is 1310. The molecule has 0 aromatic heterocycles. The van der Waals surface area contributed by atoms with Crippen molar-refractivity contribution in [2.24, 2.45) is 5.73 Å². The Balaban J connectivity index is 1.92. The number of fused-ring (bicyclic) bond motifs is 3. The Morgan fingerprint density at radius 1 is 1.09 bits per heavy atom. The second kappa shape index (κ2) is 7.33. The van der Waals surface area contributed by atoms with Gasteiger partial charge in [-0.15, -0.1) is 0 Å². The van der Waals surface area contributed by atoms with E-state index in [1.807, 2.05) is 50.2 Å². The Labute approximate surface area is 191 Å². The van der Waals surface area contributed by atoms with Gasteiger partial charge in [-0.2, -0.15) is 0 Å². The number of carbonyl (C=O) groups is 3. The molecule has 2 aliphatic heterocycles. The fourth-order valence-electron chi connectivity index (χ4n) is 5.38. The lowest BCUT2D eigenvalue weighted by molar-refractivity contribution is -0.138. The van der Waals surface area contributed by atoms with Crippen molar-refractivity contribution in [2.45, 2.75) is 38.5 Å². The van der Waals surface area contributed by atoms with Gasteiger partial charge in [0.25, 0.3) is 0 Å². The molecule has 1 aliphatic carbocycles. The summed E-state index contributed by atoms with van der Waals surface area (Å²) in [6.45, 7) is 3.86. The zero-order chi connectivity index (χ0) is 23.5. The van der Waals surface area contributed by atoms with Crippen molar-refractivity contribution in [1.82, 2.24) is 0 Å². The molecule has 7 nitrogen and oxygen atoms in total. The van der Waals surface area contributed by atoms with E-state index < -0.39 is 17.3 Å². The van der Waals surface area contributed by atoms with E-state index in [1.165, 1.54) is 7.11 Å². The number of hydrogen-bond acceptors (Lipinski definition) is 6. The predicted molar refractivity (Wildman–Crippen MR) is 124 cm³/mol. The van der Waals surface area contributed by atoms with Crippen LogP contribution >= 0.6 is 0 Å². The Hall–Kier alpha value is -3.87. The molecular weight excluding hydrogens is 418 g/mol. The van der Waals surface area contributed by atoms with Crippen molar-refractivity contribution >= 4 is 29.0 Å². The number of anilines is 2. The molecule has 5 rings (SSSR count). The summed E-state index contributed by atoms with van der Waals surface area (Å²) < 4.78 is 5.15.